The molecule has 3 rings (SSSR count). The van der Waals surface area contributed by atoms with Crippen molar-refractivity contribution in [1.29, 1.82) is 0 Å². The summed E-state index contributed by atoms with van der Waals surface area (Å²) in [5, 5.41) is 0.444. The van der Waals surface area contributed by atoms with Gasteiger partial charge in [-0.2, -0.15) is 0 Å². The number of hydrogen-bond donors (Lipinski definition) is 1. The lowest BCUT2D eigenvalue weighted by Gasteiger charge is -2.14. The fourth-order valence-corrected chi connectivity index (χ4v) is 3.05. The molecule has 2 aromatic rings. The predicted molar refractivity (Wildman–Crippen MR) is 79.4 cm³/mol. The molecule has 6 nitrogen and oxygen atoms in total. The minimum atomic E-state index is -0.355. The molecule has 1 heterocycles. The molecule has 0 radical (unpaired) electrons. The Kier molecular flexibility index (Phi) is 3.45. The number of fused-ring (bicyclic) bond motifs is 1. The summed E-state index contributed by atoms with van der Waals surface area (Å²) < 4.78 is 11.8. The molecular weight excluding hydrogens is 272 g/mol. The molecule has 1 N–H and O–H groups in total. The number of ether oxygens (including phenoxy) is 2. The third-order valence-electron chi connectivity index (χ3n) is 4.12. The maximum atomic E-state index is 12.7. The quantitative estimate of drug-likeness (QED) is 0.935. The minimum Gasteiger partial charge on any atom is -0.493 e. The molecule has 21 heavy (non-hydrogen) atoms. The highest BCUT2D eigenvalue weighted by molar-refractivity contribution is 5.81. The number of hydrogen-bond acceptors (Lipinski definition) is 4. The van der Waals surface area contributed by atoms with E-state index in [4.69, 9.17) is 9.47 Å². The van der Waals surface area contributed by atoms with Gasteiger partial charge in [-0.25, -0.2) is 4.79 Å². The maximum absolute atomic E-state index is 12.7. The van der Waals surface area contributed by atoms with E-state index in [1.54, 1.807) is 12.1 Å². The number of aromatic nitrogens is 2. The van der Waals surface area contributed by atoms with Crippen LogP contribution in [-0.2, 0) is 0 Å². The van der Waals surface area contributed by atoms with Gasteiger partial charge in [-0.15, -0.1) is 0 Å². The average Bonchev–Trinajstić information content (AvgIpc) is 3.00. The second-order valence-electron chi connectivity index (χ2n) is 5.30. The van der Waals surface area contributed by atoms with Gasteiger partial charge in [-0.1, -0.05) is 12.8 Å². The average molecular weight is 290 g/mol. The van der Waals surface area contributed by atoms with Crippen molar-refractivity contribution in [3.63, 3.8) is 0 Å². The fourth-order valence-electron chi connectivity index (χ4n) is 3.05. The van der Waals surface area contributed by atoms with Crippen LogP contribution in [0.2, 0.25) is 0 Å². The van der Waals surface area contributed by atoms with Crippen LogP contribution in [0.25, 0.3) is 10.9 Å². The van der Waals surface area contributed by atoms with Crippen molar-refractivity contribution in [2.75, 3.05) is 14.2 Å². The number of methoxy groups -OCH3 is 2. The Morgan fingerprint density at radius 1 is 1.10 bits per heavy atom. The molecule has 1 fully saturated rings. The number of aromatic amines is 1. The number of nitrogens with one attached hydrogen (secondary N) is 1. The molecule has 112 valence electrons. The van der Waals surface area contributed by atoms with Crippen LogP contribution in [0.1, 0.15) is 31.7 Å². The summed E-state index contributed by atoms with van der Waals surface area (Å²) in [6, 6.07) is 3.24. The number of H-pyrrole nitrogens is 1. The SMILES string of the molecule is COc1cc2[nH]c(=O)n(C3CCCC3)c(=O)c2cc1OC. The lowest BCUT2D eigenvalue weighted by Crippen LogP contribution is -2.37. The summed E-state index contributed by atoms with van der Waals surface area (Å²) in [4.78, 5) is 27.7. The Morgan fingerprint density at radius 3 is 2.33 bits per heavy atom. The standard InChI is InChI=1S/C15H18N2O4/c1-20-12-7-10-11(8-13(12)21-2)16-15(19)17(14(10)18)9-5-3-4-6-9/h7-9H,3-6H2,1-2H3,(H,16,19). The van der Waals surface area contributed by atoms with Crippen molar-refractivity contribution in [2.45, 2.75) is 31.7 Å². The largest absolute Gasteiger partial charge is 0.493 e. The lowest BCUT2D eigenvalue weighted by molar-refractivity contribution is 0.355. The van der Waals surface area contributed by atoms with Gasteiger partial charge in [0.25, 0.3) is 5.56 Å². The first kappa shape index (κ1) is 13.7. The first-order chi connectivity index (χ1) is 10.2. The molecule has 1 aliphatic carbocycles. The van der Waals surface area contributed by atoms with Crippen molar-refractivity contribution in [1.82, 2.24) is 9.55 Å². The third kappa shape index (κ3) is 2.20. The van der Waals surface area contributed by atoms with Crippen molar-refractivity contribution < 1.29 is 9.47 Å². The molecule has 6 heteroatoms. The third-order valence-corrected chi connectivity index (χ3v) is 4.12. The molecule has 1 aromatic carbocycles. The Bertz CT molecular complexity index is 785. The smallest absolute Gasteiger partial charge is 0.329 e. The number of nitrogens with zero attached hydrogens (tertiary/aromatic N) is 1. The van der Waals surface area contributed by atoms with Crippen LogP contribution in [0.3, 0.4) is 0 Å². The Hall–Kier alpha value is -2.24. The molecule has 0 saturated heterocycles. The van der Waals surface area contributed by atoms with E-state index in [0.29, 0.717) is 22.4 Å². The zero-order valence-electron chi connectivity index (χ0n) is 12.1. The van der Waals surface area contributed by atoms with Gasteiger partial charge >= 0.3 is 5.69 Å². The van der Waals surface area contributed by atoms with Gasteiger partial charge in [0.2, 0.25) is 0 Å². The summed E-state index contributed by atoms with van der Waals surface area (Å²) in [5.74, 6) is 0.964. The van der Waals surface area contributed by atoms with E-state index in [2.05, 4.69) is 4.98 Å². The van der Waals surface area contributed by atoms with E-state index < -0.39 is 0 Å². The molecule has 1 aliphatic rings. The second-order valence-corrected chi connectivity index (χ2v) is 5.30. The summed E-state index contributed by atoms with van der Waals surface area (Å²) >= 11 is 0. The van der Waals surface area contributed by atoms with E-state index >= 15 is 0 Å². The van der Waals surface area contributed by atoms with E-state index in [-0.39, 0.29) is 17.3 Å². The maximum Gasteiger partial charge on any atom is 0.329 e. The Labute approximate surface area is 121 Å². The van der Waals surface area contributed by atoms with E-state index in [1.165, 1.54) is 18.8 Å². The van der Waals surface area contributed by atoms with Gasteiger partial charge in [0, 0.05) is 12.1 Å². The van der Waals surface area contributed by atoms with Crippen LogP contribution < -0.4 is 20.7 Å². The highest BCUT2D eigenvalue weighted by Gasteiger charge is 2.22. The van der Waals surface area contributed by atoms with Crippen LogP contribution in [0, 0.1) is 0 Å². The Balaban J connectivity index is 2.28. The van der Waals surface area contributed by atoms with Gasteiger partial charge < -0.3 is 14.5 Å². The van der Waals surface area contributed by atoms with Crippen molar-refractivity contribution in [3.8, 4) is 11.5 Å². The summed E-state index contributed by atoms with van der Waals surface area (Å²) in [6.07, 6.45) is 3.87. The number of rotatable bonds is 3. The molecule has 0 aliphatic heterocycles. The molecule has 1 aromatic heterocycles. The topological polar surface area (TPSA) is 73.3 Å². The zero-order chi connectivity index (χ0) is 15.0. The molecular formula is C15H18N2O4. The summed E-state index contributed by atoms with van der Waals surface area (Å²) in [6.45, 7) is 0. The van der Waals surface area contributed by atoms with Crippen molar-refractivity contribution in [2.24, 2.45) is 0 Å². The van der Waals surface area contributed by atoms with Crippen LogP contribution in [0.15, 0.2) is 21.7 Å². The summed E-state index contributed by atoms with van der Waals surface area (Å²) in [7, 11) is 3.03. The van der Waals surface area contributed by atoms with Gasteiger partial charge in [0.15, 0.2) is 11.5 Å². The van der Waals surface area contributed by atoms with E-state index in [9.17, 15) is 9.59 Å². The van der Waals surface area contributed by atoms with Crippen LogP contribution >= 0.6 is 0 Å². The van der Waals surface area contributed by atoms with Crippen molar-refractivity contribution in [3.05, 3.63) is 33.0 Å². The molecule has 0 spiro atoms. The first-order valence-corrected chi connectivity index (χ1v) is 7.06. The van der Waals surface area contributed by atoms with E-state index in [0.717, 1.165) is 25.7 Å². The highest BCUT2D eigenvalue weighted by atomic mass is 16.5. The zero-order valence-corrected chi connectivity index (χ0v) is 12.1. The van der Waals surface area contributed by atoms with Crippen LogP contribution in [-0.4, -0.2) is 23.8 Å². The van der Waals surface area contributed by atoms with Gasteiger partial charge in [0.1, 0.15) is 0 Å². The van der Waals surface area contributed by atoms with Crippen LogP contribution in [0.5, 0.6) is 11.5 Å². The van der Waals surface area contributed by atoms with Gasteiger partial charge in [-0.3, -0.25) is 9.36 Å². The summed E-state index contributed by atoms with van der Waals surface area (Å²) in [5.41, 5.74) is -0.148. The lowest BCUT2D eigenvalue weighted by atomic mass is 10.2. The number of benzene rings is 1. The Morgan fingerprint density at radius 2 is 1.71 bits per heavy atom. The molecule has 0 bridgehead atoms. The van der Waals surface area contributed by atoms with Gasteiger partial charge in [-0.05, 0) is 18.9 Å². The molecule has 1 saturated carbocycles. The minimum absolute atomic E-state index is 0.00116. The fraction of sp³-hybridized carbons (Fsp3) is 0.467. The van der Waals surface area contributed by atoms with E-state index in [1.807, 2.05) is 0 Å². The molecule has 0 amide bonds. The normalized spacial score (nSPS) is 15.5. The predicted octanol–water partition coefficient (Wildman–Crippen LogP) is 1.82. The molecule has 0 unspecified atom stereocenters. The van der Waals surface area contributed by atoms with Crippen LogP contribution in [0.4, 0.5) is 0 Å². The van der Waals surface area contributed by atoms with Gasteiger partial charge in [0.05, 0.1) is 25.1 Å². The monoisotopic (exact) mass is 290 g/mol. The molecule has 0 atom stereocenters. The van der Waals surface area contributed by atoms with Crippen molar-refractivity contribution >= 4 is 10.9 Å². The second kappa shape index (κ2) is 5.27. The first-order valence-electron chi connectivity index (χ1n) is 7.06. The highest BCUT2D eigenvalue weighted by Crippen LogP contribution is 2.31.